The van der Waals surface area contributed by atoms with Crippen LogP contribution in [-0.4, -0.2) is 41.3 Å². The van der Waals surface area contributed by atoms with Crippen molar-refractivity contribution < 1.29 is 18.3 Å². The predicted octanol–water partition coefficient (Wildman–Crippen LogP) is 0.206. The number of aryl methyl sites for hydroxylation is 1. The molecule has 0 aliphatic carbocycles. The van der Waals surface area contributed by atoms with Crippen LogP contribution in [0.4, 0.5) is 5.95 Å². The Kier molecular flexibility index (Phi) is 3.04. The first-order valence-electron chi connectivity index (χ1n) is 5.12. The molecule has 0 amide bonds. The van der Waals surface area contributed by atoms with Crippen LogP contribution in [0.3, 0.4) is 0 Å². The Bertz CT molecular complexity index is 624. The number of anilines is 1. The van der Waals surface area contributed by atoms with E-state index in [0.717, 1.165) is 5.41 Å². The molecule has 1 aliphatic rings. The Balaban J connectivity index is 2.15. The standard InChI is InChI=1S/C10H11N3O4S/c1-6-8(9(14)15)4-11-10(12-6)13-7-2-3-18(16,17)5-7/h2-4,7H,5H2,1H3,(H,14,15)(H,11,12,13). The summed E-state index contributed by atoms with van der Waals surface area (Å²) in [5.74, 6) is -0.928. The van der Waals surface area contributed by atoms with Gasteiger partial charge in [0.05, 0.1) is 23.1 Å². The molecule has 1 atom stereocenters. The van der Waals surface area contributed by atoms with Crippen LogP contribution in [0.1, 0.15) is 16.1 Å². The van der Waals surface area contributed by atoms with Gasteiger partial charge in [-0.3, -0.25) is 0 Å². The summed E-state index contributed by atoms with van der Waals surface area (Å²) >= 11 is 0. The number of hydrogen-bond donors (Lipinski definition) is 2. The molecule has 0 radical (unpaired) electrons. The lowest BCUT2D eigenvalue weighted by Crippen LogP contribution is -2.22. The zero-order valence-electron chi connectivity index (χ0n) is 9.49. The van der Waals surface area contributed by atoms with Gasteiger partial charge in [-0.15, -0.1) is 0 Å². The summed E-state index contributed by atoms with van der Waals surface area (Å²) in [6.45, 7) is 1.55. The number of carboxylic acids is 1. The first-order valence-corrected chi connectivity index (χ1v) is 6.83. The van der Waals surface area contributed by atoms with E-state index in [1.54, 1.807) is 6.92 Å². The molecule has 0 bridgehead atoms. The molecule has 18 heavy (non-hydrogen) atoms. The molecule has 0 saturated carbocycles. The molecule has 0 saturated heterocycles. The topological polar surface area (TPSA) is 109 Å². The number of rotatable bonds is 3. The third-order valence-corrected chi connectivity index (χ3v) is 3.85. The maximum atomic E-state index is 11.2. The summed E-state index contributed by atoms with van der Waals surface area (Å²) in [4.78, 5) is 18.6. The van der Waals surface area contributed by atoms with Gasteiger partial charge in [0.15, 0.2) is 9.84 Å². The van der Waals surface area contributed by atoms with Crippen molar-refractivity contribution in [1.29, 1.82) is 0 Å². The maximum absolute atomic E-state index is 11.2. The Morgan fingerprint density at radius 1 is 1.56 bits per heavy atom. The van der Waals surface area contributed by atoms with E-state index in [-0.39, 0.29) is 23.3 Å². The van der Waals surface area contributed by atoms with Crippen molar-refractivity contribution in [3.8, 4) is 0 Å². The fourth-order valence-corrected chi connectivity index (χ4v) is 2.81. The Labute approximate surface area is 103 Å². The van der Waals surface area contributed by atoms with Crippen LogP contribution >= 0.6 is 0 Å². The fourth-order valence-electron chi connectivity index (χ4n) is 1.58. The number of nitrogens with zero attached hydrogens (tertiary/aromatic N) is 2. The summed E-state index contributed by atoms with van der Waals surface area (Å²) in [5.41, 5.74) is 0.347. The van der Waals surface area contributed by atoms with Crippen molar-refractivity contribution in [2.75, 3.05) is 11.1 Å². The molecule has 0 aromatic carbocycles. The molecular formula is C10H11N3O4S. The van der Waals surface area contributed by atoms with E-state index in [1.165, 1.54) is 12.3 Å². The monoisotopic (exact) mass is 269 g/mol. The highest BCUT2D eigenvalue weighted by Crippen LogP contribution is 2.13. The highest BCUT2D eigenvalue weighted by atomic mass is 32.2. The lowest BCUT2D eigenvalue weighted by atomic mass is 10.2. The molecule has 2 N–H and O–H groups in total. The Hall–Kier alpha value is -1.96. The summed E-state index contributed by atoms with van der Waals surface area (Å²) in [5, 5.41) is 12.8. The largest absolute Gasteiger partial charge is 0.478 e. The minimum atomic E-state index is -3.14. The van der Waals surface area contributed by atoms with E-state index in [1.807, 2.05) is 0 Å². The van der Waals surface area contributed by atoms with Crippen LogP contribution in [0.25, 0.3) is 0 Å². The average molecular weight is 269 g/mol. The van der Waals surface area contributed by atoms with E-state index in [9.17, 15) is 13.2 Å². The van der Waals surface area contributed by atoms with Gasteiger partial charge in [0.1, 0.15) is 0 Å². The number of carbonyl (C=O) groups is 1. The number of hydrogen-bond acceptors (Lipinski definition) is 6. The first kappa shape index (κ1) is 12.5. The number of aromatic nitrogens is 2. The van der Waals surface area contributed by atoms with Gasteiger partial charge >= 0.3 is 5.97 Å². The van der Waals surface area contributed by atoms with E-state index in [0.29, 0.717) is 5.69 Å². The molecule has 7 nitrogen and oxygen atoms in total. The lowest BCUT2D eigenvalue weighted by molar-refractivity contribution is 0.0695. The van der Waals surface area contributed by atoms with Gasteiger partial charge in [-0.2, -0.15) is 0 Å². The Morgan fingerprint density at radius 3 is 2.78 bits per heavy atom. The minimum absolute atomic E-state index is 0.0233. The van der Waals surface area contributed by atoms with Gasteiger partial charge in [0, 0.05) is 11.6 Å². The number of carboxylic acid groups (broad SMARTS) is 1. The molecular weight excluding hydrogens is 258 g/mol. The van der Waals surface area contributed by atoms with Crippen LogP contribution in [0.15, 0.2) is 17.7 Å². The smallest absolute Gasteiger partial charge is 0.339 e. The molecule has 8 heteroatoms. The summed E-state index contributed by atoms with van der Waals surface area (Å²) in [7, 11) is -3.14. The highest BCUT2D eigenvalue weighted by Gasteiger charge is 2.22. The maximum Gasteiger partial charge on any atom is 0.339 e. The van der Waals surface area contributed by atoms with Crippen molar-refractivity contribution in [2.24, 2.45) is 0 Å². The quantitative estimate of drug-likeness (QED) is 0.806. The zero-order chi connectivity index (χ0) is 13.3. The molecule has 0 spiro atoms. The molecule has 1 aromatic rings. The molecule has 2 heterocycles. The predicted molar refractivity (Wildman–Crippen MR) is 64.1 cm³/mol. The van der Waals surface area contributed by atoms with Crippen LogP contribution in [0.5, 0.6) is 0 Å². The van der Waals surface area contributed by atoms with Crippen molar-refractivity contribution in [3.05, 3.63) is 28.9 Å². The SMILES string of the molecule is Cc1nc(NC2C=CS(=O)(=O)C2)ncc1C(=O)O. The second kappa shape index (κ2) is 4.37. The molecule has 1 unspecified atom stereocenters. The second-order valence-corrected chi connectivity index (χ2v) is 5.84. The average Bonchev–Trinajstić information content (AvgIpc) is 2.57. The van der Waals surface area contributed by atoms with Crippen molar-refractivity contribution in [1.82, 2.24) is 9.97 Å². The first-order chi connectivity index (χ1) is 8.37. The van der Waals surface area contributed by atoms with Crippen molar-refractivity contribution in [2.45, 2.75) is 13.0 Å². The number of sulfone groups is 1. The normalized spacial score (nSPS) is 20.8. The molecule has 96 valence electrons. The van der Waals surface area contributed by atoms with E-state index in [2.05, 4.69) is 15.3 Å². The fraction of sp³-hybridized carbons (Fsp3) is 0.300. The van der Waals surface area contributed by atoms with Crippen LogP contribution < -0.4 is 5.32 Å². The third-order valence-electron chi connectivity index (χ3n) is 2.45. The van der Waals surface area contributed by atoms with E-state index >= 15 is 0 Å². The lowest BCUT2D eigenvalue weighted by Gasteiger charge is -2.10. The van der Waals surface area contributed by atoms with Gasteiger partial charge in [0.25, 0.3) is 0 Å². The third kappa shape index (κ3) is 2.65. The van der Waals surface area contributed by atoms with Gasteiger partial charge in [0.2, 0.25) is 5.95 Å². The minimum Gasteiger partial charge on any atom is -0.478 e. The van der Waals surface area contributed by atoms with Crippen LogP contribution in [-0.2, 0) is 9.84 Å². The molecule has 1 aromatic heterocycles. The van der Waals surface area contributed by atoms with Crippen LogP contribution in [0, 0.1) is 6.92 Å². The van der Waals surface area contributed by atoms with Gasteiger partial charge < -0.3 is 10.4 Å². The van der Waals surface area contributed by atoms with Crippen molar-refractivity contribution in [3.63, 3.8) is 0 Å². The molecule has 1 aliphatic heterocycles. The van der Waals surface area contributed by atoms with Gasteiger partial charge in [-0.05, 0) is 13.0 Å². The Morgan fingerprint density at radius 2 is 2.28 bits per heavy atom. The van der Waals surface area contributed by atoms with E-state index in [4.69, 9.17) is 5.11 Å². The van der Waals surface area contributed by atoms with Gasteiger partial charge in [-0.1, -0.05) is 0 Å². The second-order valence-electron chi connectivity index (χ2n) is 3.91. The van der Waals surface area contributed by atoms with Gasteiger partial charge in [-0.25, -0.2) is 23.2 Å². The number of nitrogens with one attached hydrogen (secondary N) is 1. The highest BCUT2D eigenvalue weighted by molar-refractivity contribution is 7.94. The van der Waals surface area contributed by atoms with Crippen molar-refractivity contribution >= 4 is 21.8 Å². The molecule has 0 fully saturated rings. The van der Waals surface area contributed by atoms with E-state index < -0.39 is 15.8 Å². The summed E-state index contributed by atoms with van der Waals surface area (Å²) < 4.78 is 22.4. The summed E-state index contributed by atoms with van der Waals surface area (Å²) in [6, 6.07) is -0.384. The summed E-state index contributed by atoms with van der Waals surface area (Å²) in [6.07, 6.45) is 2.71. The number of aromatic carboxylic acids is 1. The van der Waals surface area contributed by atoms with Crippen LogP contribution in [0.2, 0.25) is 0 Å². The zero-order valence-corrected chi connectivity index (χ0v) is 10.3. The molecule has 2 rings (SSSR count).